The van der Waals surface area contributed by atoms with E-state index < -0.39 is 4.92 Å². The van der Waals surface area contributed by atoms with Gasteiger partial charge in [0.25, 0.3) is 0 Å². The summed E-state index contributed by atoms with van der Waals surface area (Å²) in [5, 5.41) is 22.2. The molecule has 0 aliphatic heterocycles. The third-order valence-corrected chi connectivity index (χ3v) is 1.20. The van der Waals surface area contributed by atoms with E-state index in [2.05, 4.69) is 5.10 Å². The minimum absolute atomic E-state index is 0.0162. The van der Waals surface area contributed by atoms with Gasteiger partial charge >= 0.3 is 5.82 Å². The van der Waals surface area contributed by atoms with Crippen LogP contribution in [0.1, 0.15) is 5.56 Å². The predicted octanol–water partition coefficient (Wildman–Crippen LogP) is 0.200. The van der Waals surface area contributed by atoms with Crippen LogP contribution < -0.4 is 0 Å². The molecule has 0 amide bonds. The molecule has 1 aromatic heterocycles. The summed E-state index contributed by atoms with van der Waals surface area (Å²) in [7, 11) is 1.42. The van der Waals surface area contributed by atoms with E-state index in [9.17, 15) is 10.1 Å². The molecule has 11 heavy (non-hydrogen) atoms. The van der Waals surface area contributed by atoms with Gasteiger partial charge in [-0.3, -0.25) is 0 Å². The first kappa shape index (κ1) is 7.21. The Bertz CT molecular complexity index is 335. The standard InChI is InChI=1S/C5H4N4O2/c1-8-5(9(10)11)4(2-6)3-7-8/h3H,1H3. The van der Waals surface area contributed by atoms with Crippen molar-refractivity contribution in [3.05, 3.63) is 21.9 Å². The second-order valence-electron chi connectivity index (χ2n) is 1.87. The van der Waals surface area contributed by atoms with Gasteiger partial charge in [0.1, 0.15) is 13.1 Å². The van der Waals surface area contributed by atoms with Crippen LogP contribution in [0, 0.1) is 21.4 Å². The summed E-state index contributed by atoms with van der Waals surface area (Å²) in [4.78, 5) is 9.62. The van der Waals surface area contributed by atoms with Gasteiger partial charge in [-0.1, -0.05) is 5.10 Å². The van der Waals surface area contributed by atoms with Gasteiger partial charge in [-0.2, -0.15) is 5.26 Å². The lowest BCUT2D eigenvalue weighted by atomic mass is 10.4. The Labute approximate surface area is 61.8 Å². The lowest BCUT2D eigenvalue weighted by molar-refractivity contribution is -0.392. The van der Waals surface area contributed by atoms with Gasteiger partial charge in [-0.15, -0.1) is 4.68 Å². The molecule has 0 atom stereocenters. The fraction of sp³-hybridized carbons (Fsp3) is 0.200. The molecule has 0 saturated carbocycles. The molecule has 1 heterocycles. The largest absolute Gasteiger partial charge is 0.362 e. The minimum atomic E-state index is -0.633. The molecule has 0 spiro atoms. The summed E-state index contributed by atoms with van der Waals surface area (Å²) in [6.07, 6.45) is 1.16. The molecule has 0 aliphatic rings. The van der Waals surface area contributed by atoms with Gasteiger partial charge < -0.3 is 10.1 Å². The number of aryl methyl sites for hydroxylation is 1. The summed E-state index contributed by atoms with van der Waals surface area (Å²) in [5.41, 5.74) is -0.0162. The zero-order chi connectivity index (χ0) is 8.43. The first-order valence-corrected chi connectivity index (χ1v) is 2.73. The molecular weight excluding hydrogens is 148 g/mol. The second-order valence-corrected chi connectivity index (χ2v) is 1.87. The summed E-state index contributed by atoms with van der Waals surface area (Å²) in [6, 6.07) is 1.67. The maximum atomic E-state index is 10.3. The van der Waals surface area contributed by atoms with E-state index >= 15 is 0 Å². The number of rotatable bonds is 1. The van der Waals surface area contributed by atoms with Crippen LogP contribution in [0.3, 0.4) is 0 Å². The number of hydrogen-bond acceptors (Lipinski definition) is 4. The zero-order valence-corrected chi connectivity index (χ0v) is 5.68. The molecule has 0 radical (unpaired) electrons. The highest BCUT2D eigenvalue weighted by Gasteiger charge is 2.17. The Hall–Kier alpha value is -1.90. The van der Waals surface area contributed by atoms with Crippen molar-refractivity contribution < 1.29 is 4.92 Å². The Balaban J connectivity index is 3.32. The van der Waals surface area contributed by atoms with E-state index in [1.807, 2.05) is 0 Å². The molecule has 6 heteroatoms. The van der Waals surface area contributed by atoms with Crippen LogP contribution in [0.25, 0.3) is 0 Å². The van der Waals surface area contributed by atoms with Crippen molar-refractivity contribution in [1.82, 2.24) is 9.78 Å². The normalized spacial score (nSPS) is 9.09. The Morgan fingerprint density at radius 2 is 2.55 bits per heavy atom. The van der Waals surface area contributed by atoms with Crippen molar-refractivity contribution in [2.45, 2.75) is 0 Å². The van der Waals surface area contributed by atoms with E-state index in [1.54, 1.807) is 6.07 Å². The molecule has 0 N–H and O–H groups in total. The molecule has 1 aromatic rings. The van der Waals surface area contributed by atoms with Gasteiger partial charge in [0.2, 0.25) is 0 Å². The summed E-state index contributed by atoms with van der Waals surface area (Å²) in [5.74, 6) is -0.271. The third-order valence-electron chi connectivity index (χ3n) is 1.20. The smallest absolute Gasteiger partial charge is 0.358 e. The molecule has 0 unspecified atom stereocenters. The van der Waals surface area contributed by atoms with E-state index in [0.717, 1.165) is 10.9 Å². The van der Waals surface area contributed by atoms with Crippen LogP contribution >= 0.6 is 0 Å². The SMILES string of the molecule is Cn1ncc(C#N)c1[N+](=O)[O-]. The van der Waals surface area contributed by atoms with E-state index in [4.69, 9.17) is 5.26 Å². The van der Waals surface area contributed by atoms with Crippen molar-refractivity contribution in [2.75, 3.05) is 0 Å². The molecule has 0 aliphatic carbocycles. The maximum Gasteiger partial charge on any atom is 0.362 e. The monoisotopic (exact) mass is 152 g/mol. The lowest BCUT2D eigenvalue weighted by Crippen LogP contribution is -1.99. The average Bonchev–Trinajstić information content (AvgIpc) is 2.30. The molecule has 0 bridgehead atoms. The highest BCUT2D eigenvalue weighted by molar-refractivity contribution is 5.41. The first-order chi connectivity index (χ1) is 5.16. The van der Waals surface area contributed by atoms with Crippen molar-refractivity contribution in [1.29, 1.82) is 5.26 Å². The molecule has 1 rings (SSSR count). The number of nitriles is 1. The van der Waals surface area contributed by atoms with Crippen LogP contribution in [0.5, 0.6) is 0 Å². The number of aromatic nitrogens is 2. The summed E-state index contributed by atoms with van der Waals surface area (Å²) >= 11 is 0. The molecule has 6 nitrogen and oxygen atoms in total. The van der Waals surface area contributed by atoms with Crippen LogP contribution in [-0.2, 0) is 7.05 Å². The van der Waals surface area contributed by atoms with Crippen molar-refractivity contribution in [3.8, 4) is 6.07 Å². The van der Waals surface area contributed by atoms with E-state index in [0.29, 0.717) is 0 Å². The molecule has 0 fully saturated rings. The van der Waals surface area contributed by atoms with Crippen LogP contribution in [0.4, 0.5) is 5.82 Å². The van der Waals surface area contributed by atoms with Crippen LogP contribution in [-0.4, -0.2) is 14.7 Å². The van der Waals surface area contributed by atoms with Crippen molar-refractivity contribution >= 4 is 5.82 Å². The first-order valence-electron chi connectivity index (χ1n) is 2.73. The Morgan fingerprint density at radius 1 is 1.91 bits per heavy atom. The molecule has 56 valence electrons. The Morgan fingerprint density at radius 3 is 2.91 bits per heavy atom. The number of nitrogens with zero attached hydrogens (tertiary/aromatic N) is 4. The predicted molar refractivity (Wildman–Crippen MR) is 34.6 cm³/mol. The third kappa shape index (κ3) is 1.03. The summed E-state index contributed by atoms with van der Waals surface area (Å²) < 4.78 is 1.05. The maximum absolute atomic E-state index is 10.3. The topological polar surface area (TPSA) is 84.8 Å². The molecule has 0 aromatic carbocycles. The molecule has 0 saturated heterocycles. The van der Waals surface area contributed by atoms with E-state index in [1.165, 1.54) is 7.05 Å². The molecular formula is C5H4N4O2. The zero-order valence-electron chi connectivity index (χ0n) is 5.68. The Kier molecular flexibility index (Phi) is 1.56. The fourth-order valence-electron chi connectivity index (χ4n) is 0.726. The quantitative estimate of drug-likeness (QED) is 0.425. The lowest BCUT2D eigenvalue weighted by Gasteiger charge is -1.91. The van der Waals surface area contributed by atoms with Gasteiger partial charge in [0.15, 0.2) is 5.56 Å². The number of nitro groups is 1. The highest BCUT2D eigenvalue weighted by atomic mass is 16.6. The average molecular weight is 152 g/mol. The summed E-state index contributed by atoms with van der Waals surface area (Å²) in [6.45, 7) is 0. The van der Waals surface area contributed by atoms with Crippen molar-refractivity contribution in [3.63, 3.8) is 0 Å². The second kappa shape index (κ2) is 2.38. The van der Waals surface area contributed by atoms with Gasteiger partial charge in [0, 0.05) is 0 Å². The van der Waals surface area contributed by atoms with Gasteiger partial charge in [-0.25, -0.2) is 0 Å². The van der Waals surface area contributed by atoms with Gasteiger partial charge in [-0.05, 0) is 4.92 Å². The minimum Gasteiger partial charge on any atom is -0.358 e. The van der Waals surface area contributed by atoms with E-state index in [-0.39, 0.29) is 11.4 Å². The van der Waals surface area contributed by atoms with Crippen LogP contribution in [0.2, 0.25) is 0 Å². The number of hydrogen-bond donors (Lipinski definition) is 0. The fourth-order valence-corrected chi connectivity index (χ4v) is 0.726. The van der Waals surface area contributed by atoms with Crippen molar-refractivity contribution in [2.24, 2.45) is 7.05 Å². The van der Waals surface area contributed by atoms with Gasteiger partial charge in [0.05, 0.1) is 6.20 Å². The highest BCUT2D eigenvalue weighted by Crippen LogP contribution is 2.14. The van der Waals surface area contributed by atoms with Crippen LogP contribution in [0.15, 0.2) is 6.20 Å².